The Morgan fingerprint density at radius 2 is 1.95 bits per heavy atom. The zero-order valence-electron chi connectivity index (χ0n) is 13.3. The first-order chi connectivity index (χ1) is 10.5. The Balaban J connectivity index is 2.52. The van der Waals surface area contributed by atoms with Crippen molar-refractivity contribution in [2.24, 2.45) is 0 Å². The zero-order chi connectivity index (χ0) is 16.3. The first kappa shape index (κ1) is 15.9. The lowest BCUT2D eigenvalue weighted by atomic mass is 10.0. The van der Waals surface area contributed by atoms with Gasteiger partial charge in [-0.1, -0.05) is 19.1 Å². The van der Waals surface area contributed by atoms with E-state index in [2.05, 4.69) is 5.10 Å². The largest absolute Gasteiger partial charge is 0.467 e. The van der Waals surface area contributed by atoms with Crippen LogP contribution < -0.4 is 5.56 Å². The van der Waals surface area contributed by atoms with E-state index in [1.54, 1.807) is 6.07 Å². The Morgan fingerprint density at radius 3 is 2.55 bits per heavy atom. The minimum atomic E-state index is -0.705. The van der Waals surface area contributed by atoms with Gasteiger partial charge in [0.2, 0.25) is 0 Å². The third-order valence-corrected chi connectivity index (χ3v) is 3.78. The number of carbonyl (C=O) groups is 1. The van der Waals surface area contributed by atoms with E-state index in [9.17, 15) is 9.59 Å². The van der Waals surface area contributed by atoms with Crippen LogP contribution in [0.15, 0.2) is 35.1 Å². The molecule has 116 valence electrons. The van der Waals surface area contributed by atoms with Gasteiger partial charge in [0.1, 0.15) is 0 Å². The molecular weight excluding hydrogens is 280 g/mol. The van der Waals surface area contributed by atoms with Crippen LogP contribution in [0.5, 0.6) is 0 Å². The molecule has 2 aromatic rings. The van der Waals surface area contributed by atoms with Crippen LogP contribution in [-0.2, 0) is 9.53 Å². The predicted octanol–water partition coefficient (Wildman–Crippen LogP) is 2.65. The second-order valence-electron chi connectivity index (χ2n) is 5.25. The topological polar surface area (TPSA) is 61.2 Å². The molecule has 0 saturated carbocycles. The minimum absolute atomic E-state index is 0.315. The third-order valence-electron chi connectivity index (χ3n) is 3.78. The standard InChI is InChI=1S/C17H20N2O3/c1-5-15(17(21)22-4)19-16(20)9-8-14(18-19)13-7-6-11(2)12(3)10-13/h6-10,15H,5H2,1-4H3/t15-/m1/s1. The quantitative estimate of drug-likeness (QED) is 0.814. The predicted molar refractivity (Wildman–Crippen MR) is 84.8 cm³/mol. The maximum atomic E-state index is 12.0. The molecule has 0 amide bonds. The van der Waals surface area contributed by atoms with Crippen molar-refractivity contribution in [2.75, 3.05) is 7.11 Å². The molecule has 0 radical (unpaired) electrons. The summed E-state index contributed by atoms with van der Waals surface area (Å²) in [7, 11) is 1.31. The van der Waals surface area contributed by atoms with E-state index in [1.807, 2.05) is 39.0 Å². The van der Waals surface area contributed by atoms with Crippen LogP contribution in [0.4, 0.5) is 0 Å². The van der Waals surface area contributed by atoms with E-state index in [1.165, 1.54) is 23.4 Å². The van der Waals surface area contributed by atoms with Gasteiger partial charge in [0.15, 0.2) is 6.04 Å². The molecular formula is C17H20N2O3. The highest BCUT2D eigenvalue weighted by atomic mass is 16.5. The molecule has 5 nitrogen and oxygen atoms in total. The van der Waals surface area contributed by atoms with Gasteiger partial charge in [-0.2, -0.15) is 5.10 Å². The van der Waals surface area contributed by atoms with Gasteiger partial charge in [0.25, 0.3) is 5.56 Å². The lowest BCUT2D eigenvalue weighted by Crippen LogP contribution is -2.32. The molecule has 0 aliphatic heterocycles. The molecule has 0 spiro atoms. The molecule has 22 heavy (non-hydrogen) atoms. The van der Waals surface area contributed by atoms with Gasteiger partial charge in [0.05, 0.1) is 12.8 Å². The van der Waals surface area contributed by atoms with Gasteiger partial charge < -0.3 is 4.74 Å². The van der Waals surface area contributed by atoms with E-state index in [4.69, 9.17) is 4.74 Å². The number of rotatable bonds is 4. The lowest BCUT2D eigenvalue weighted by Gasteiger charge is -2.15. The fourth-order valence-electron chi connectivity index (χ4n) is 2.28. The van der Waals surface area contributed by atoms with E-state index >= 15 is 0 Å². The van der Waals surface area contributed by atoms with Crippen LogP contribution in [0.1, 0.15) is 30.5 Å². The summed E-state index contributed by atoms with van der Waals surface area (Å²) in [5, 5.41) is 4.36. The van der Waals surface area contributed by atoms with Crippen molar-refractivity contribution in [1.29, 1.82) is 0 Å². The summed E-state index contributed by atoms with van der Waals surface area (Å²) in [5.74, 6) is -0.464. The molecule has 0 aliphatic carbocycles. The number of hydrogen-bond acceptors (Lipinski definition) is 4. The Hall–Kier alpha value is -2.43. The number of benzene rings is 1. The molecule has 5 heteroatoms. The highest BCUT2D eigenvalue weighted by Crippen LogP contribution is 2.20. The van der Waals surface area contributed by atoms with Crippen molar-refractivity contribution in [1.82, 2.24) is 9.78 Å². The Labute approximate surface area is 129 Å². The number of ether oxygens (including phenoxy) is 1. The van der Waals surface area contributed by atoms with Gasteiger partial charge in [-0.05, 0) is 43.5 Å². The number of aryl methyl sites for hydroxylation is 2. The van der Waals surface area contributed by atoms with Gasteiger partial charge in [-0.25, -0.2) is 9.48 Å². The van der Waals surface area contributed by atoms with Crippen molar-refractivity contribution in [3.63, 3.8) is 0 Å². The number of hydrogen-bond donors (Lipinski definition) is 0. The fourth-order valence-corrected chi connectivity index (χ4v) is 2.28. The number of esters is 1. The molecule has 2 rings (SSSR count). The van der Waals surface area contributed by atoms with E-state index in [-0.39, 0.29) is 5.56 Å². The zero-order valence-corrected chi connectivity index (χ0v) is 13.3. The van der Waals surface area contributed by atoms with Gasteiger partial charge in [0, 0.05) is 11.6 Å². The van der Waals surface area contributed by atoms with Gasteiger partial charge in [-0.3, -0.25) is 4.79 Å². The smallest absolute Gasteiger partial charge is 0.330 e. The number of aromatic nitrogens is 2. The Kier molecular flexibility index (Phi) is 4.75. The number of nitrogens with zero attached hydrogens (tertiary/aromatic N) is 2. The van der Waals surface area contributed by atoms with Crippen molar-refractivity contribution in [2.45, 2.75) is 33.2 Å². The molecule has 1 atom stereocenters. The van der Waals surface area contributed by atoms with E-state index in [0.29, 0.717) is 12.1 Å². The summed E-state index contributed by atoms with van der Waals surface area (Å²) in [4.78, 5) is 23.9. The van der Waals surface area contributed by atoms with Crippen LogP contribution in [-0.4, -0.2) is 22.9 Å². The van der Waals surface area contributed by atoms with Crippen molar-refractivity contribution >= 4 is 5.97 Å². The lowest BCUT2D eigenvalue weighted by molar-refractivity contribution is -0.145. The third kappa shape index (κ3) is 3.08. The molecule has 1 heterocycles. The summed E-state index contributed by atoms with van der Waals surface area (Å²) in [6, 6.07) is 8.39. The summed E-state index contributed by atoms with van der Waals surface area (Å²) in [6.45, 7) is 5.88. The van der Waals surface area contributed by atoms with Crippen LogP contribution in [0.2, 0.25) is 0 Å². The van der Waals surface area contributed by atoms with Crippen LogP contribution in [0, 0.1) is 13.8 Å². The summed E-state index contributed by atoms with van der Waals surface area (Å²) < 4.78 is 5.96. The summed E-state index contributed by atoms with van der Waals surface area (Å²) in [5.41, 5.74) is 3.60. The van der Waals surface area contributed by atoms with Gasteiger partial charge >= 0.3 is 5.97 Å². The van der Waals surface area contributed by atoms with E-state index in [0.717, 1.165) is 11.1 Å². The first-order valence-corrected chi connectivity index (χ1v) is 7.23. The molecule has 0 bridgehead atoms. The van der Waals surface area contributed by atoms with Crippen molar-refractivity contribution in [3.05, 3.63) is 51.8 Å². The molecule has 0 saturated heterocycles. The molecule has 0 fully saturated rings. The highest BCUT2D eigenvalue weighted by molar-refractivity contribution is 5.74. The fraction of sp³-hybridized carbons (Fsp3) is 0.353. The van der Waals surface area contributed by atoms with Crippen LogP contribution >= 0.6 is 0 Å². The van der Waals surface area contributed by atoms with Crippen molar-refractivity contribution in [3.8, 4) is 11.3 Å². The maximum Gasteiger partial charge on any atom is 0.330 e. The molecule has 0 aliphatic rings. The summed E-state index contributed by atoms with van der Waals surface area (Å²) in [6.07, 6.45) is 0.440. The second-order valence-corrected chi connectivity index (χ2v) is 5.25. The normalized spacial score (nSPS) is 12.0. The number of methoxy groups -OCH3 is 1. The Bertz CT molecular complexity index is 750. The minimum Gasteiger partial charge on any atom is -0.467 e. The van der Waals surface area contributed by atoms with Crippen LogP contribution in [0.3, 0.4) is 0 Å². The van der Waals surface area contributed by atoms with E-state index < -0.39 is 12.0 Å². The number of carbonyl (C=O) groups excluding carboxylic acids is 1. The SMILES string of the molecule is CC[C@H](C(=O)OC)n1nc(-c2ccc(C)c(C)c2)ccc1=O. The Morgan fingerprint density at radius 1 is 1.23 bits per heavy atom. The first-order valence-electron chi connectivity index (χ1n) is 7.23. The molecule has 0 N–H and O–H groups in total. The van der Waals surface area contributed by atoms with Gasteiger partial charge in [-0.15, -0.1) is 0 Å². The molecule has 1 aromatic carbocycles. The summed E-state index contributed by atoms with van der Waals surface area (Å²) >= 11 is 0. The molecule has 1 aromatic heterocycles. The maximum absolute atomic E-state index is 12.0. The monoisotopic (exact) mass is 300 g/mol. The average molecular weight is 300 g/mol. The average Bonchev–Trinajstić information content (AvgIpc) is 2.52. The molecule has 0 unspecified atom stereocenters. The highest BCUT2D eigenvalue weighted by Gasteiger charge is 2.21. The van der Waals surface area contributed by atoms with Crippen LogP contribution in [0.25, 0.3) is 11.3 Å². The second kappa shape index (κ2) is 6.56. The van der Waals surface area contributed by atoms with Crippen molar-refractivity contribution < 1.29 is 9.53 Å².